The lowest BCUT2D eigenvalue weighted by Crippen LogP contribution is -2.39. The molecule has 1 amide bonds. The minimum Gasteiger partial charge on any atom is -0.468 e. The fraction of sp³-hybridized carbons (Fsp3) is 0.556. The van der Waals surface area contributed by atoms with E-state index in [9.17, 15) is 22.8 Å². The van der Waals surface area contributed by atoms with Crippen LogP contribution in [0, 0.1) is 0 Å². The maximum atomic E-state index is 13.0. The van der Waals surface area contributed by atoms with Gasteiger partial charge in [0.15, 0.2) is 5.65 Å². The Hall–Kier alpha value is -2.30. The summed E-state index contributed by atoms with van der Waals surface area (Å²) in [6, 6.07) is 2.28. The first-order chi connectivity index (χ1) is 13.8. The number of piperidine rings is 1. The average molecular weight is 430 g/mol. The van der Waals surface area contributed by atoms with Gasteiger partial charge in [-0.3, -0.25) is 14.0 Å². The van der Waals surface area contributed by atoms with E-state index in [1.807, 2.05) is 0 Å². The number of thioether (sulfide) groups is 1. The quantitative estimate of drug-likeness (QED) is 0.518. The number of pyridine rings is 1. The maximum absolute atomic E-state index is 13.0. The van der Waals surface area contributed by atoms with E-state index in [1.54, 1.807) is 4.90 Å². The lowest BCUT2D eigenvalue weighted by molar-refractivity contribution is -0.138. The molecule has 3 heterocycles. The van der Waals surface area contributed by atoms with Gasteiger partial charge in [-0.05, 0) is 25.0 Å². The molecular weight excluding hydrogens is 409 g/mol. The molecule has 7 nitrogen and oxygen atoms in total. The SMILES string of the molecule is COC(=O)CSCCC(=O)N1CCCC(c2nnc3ccc(C(F)(F)F)cn23)C1. The number of likely N-dealkylation sites (tertiary alicyclic amines) is 1. The third kappa shape index (κ3) is 5.20. The summed E-state index contributed by atoms with van der Waals surface area (Å²) in [6.45, 7) is 0.985. The van der Waals surface area contributed by atoms with Gasteiger partial charge in [-0.2, -0.15) is 13.2 Å². The molecule has 1 unspecified atom stereocenters. The van der Waals surface area contributed by atoms with E-state index >= 15 is 0 Å². The molecule has 1 aliphatic rings. The minimum atomic E-state index is -4.45. The van der Waals surface area contributed by atoms with Crippen molar-refractivity contribution in [2.24, 2.45) is 0 Å². The number of alkyl halides is 3. The van der Waals surface area contributed by atoms with E-state index in [4.69, 9.17) is 0 Å². The van der Waals surface area contributed by atoms with Crippen LogP contribution >= 0.6 is 11.8 Å². The van der Waals surface area contributed by atoms with Gasteiger partial charge in [0.25, 0.3) is 0 Å². The maximum Gasteiger partial charge on any atom is 0.417 e. The third-order valence-electron chi connectivity index (χ3n) is 4.80. The number of fused-ring (bicyclic) bond motifs is 1. The molecule has 1 fully saturated rings. The molecule has 1 atom stereocenters. The molecule has 29 heavy (non-hydrogen) atoms. The van der Waals surface area contributed by atoms with Gasteiger partial charge in [-0.15, -0.1) is 22.0 Å². The number of carbonyl (C=O) groups is 2. The van der Waals surface area contributed by atoms with Crippen LogP contribution in [-0.2, 0) is 20.5 Å². The second kappa shape index (κ2) is 9.02. The lowest BCUT2D eigenvalue weighted by Gasteiger charge is -2.32. The molecule has 0 bridgehead atoms. The monoisotopic (exact) mass is 430 g/mol. The van der Waals surface area contributed by atoms with Crippen molar-refractivity contribution in [2.45, 2.75) is 31.4 Å². The van der Waals surface area contributed by atoms with Gasteiger partial charge >= 0.3 is 12.1 Å². The first-order valence-electron chi connectivity index (χ1n) is 9.14. The molecule has 0 aliphatic carbocycles. The van der Waals surface area contributed by atoms with E-state index in [-0.39, 0.29) is 30.0 Å². The summed E-state index contributed by atoms with van der Waals surface area (Å²) >= 11 is 1.33. The van der Waals surface area contributed by atoms with Gasteiger partial charge in [0.05, 0.1) is 18.4 Å². The Labute approximate surface area is 169 Å². The van der Waals surface area contributed by atoms with E-state index in [2.05, 4.69) is 14.9 Å². The Kier molecular flexibility index (Phi) is 6.66. The largest absolute Gasteiger partial charge is 0.468 e. The van der Waals surface area contributed by atoms with Crippen molar-refractivity contribution in [3.63, 3.8) is 0 Å². The molecule has 2 aromatic rings. The second-order valence-electron chi connectivity index (χ2n) is 6.76. The van der Waals surface area contributed by atoms with Crippen LogP contribution in [0.2, 0.25) is 0 Å². The number of nitrogens with zero attached hydrogens (tertiary/aromatic N) is 4. The fourth-order valence-corrected chi connectivity index (χ4v) is 4.05. The van der Waals surface area contributed by atoms with Crippen LogP contribution in [0.15, 0.2) is 18.3 Å². The molecule has 0 spiro atoms. The number of esters is 1. The number of aromatic nitrogens is 3. The Morgan fingerprint density at radius 1 is 1.31 bits per heavy atom. The normalized spacial score (nSPS) is 17.5. The van der Waals surface area contributed by atoms with Crippen LogP contribution in [0.3, 0.4) is 0 Å². The van der Waals surface area contributed by atoms with Gasteiger partial charge in [0.1, 0.15) is 5.82 Å². The van der Waals surface area contributed by atoms with Crippen LogP contribution < -0.4 is 0 Å². The van der Waals surface area contributed by atoms with Crippen molar-refractivity contribution in [3.8, 4) is 0 Å². The minimum absolute atomic E-state index is 0.0446. The average Bonchev–Trinajstić information content (AvgIpc) is 3.13. The van der Waals surface area contributed by atoms with Crippen LogP contribution in [-0.4, -0.2) is 63.1 Å². The number of hydrogen-bond donors (Lipinski definition) is 0. The van der Waals surface area contributed by atoms with Gasteiger partial charge in [0, 0.05) is 37.4 Å². The number of ether oxygens (including phenoxy) is 1. The molecule has 0 saturated carbocycles. The molecule has 0 radical (unpaired) electrons. The van der Waals surface area contributed by atoms with Crippen molar-refractivity contribution in [1.29, 1.82) is 0 Å². The molecular formula is C18H21F3N4O3S. The highest BCUT2D eigenvalue weighted by Crippen LogP contribution is 2.31. The number of amides is 1. The van der Waals surface area contributed by atoms with Crippen molar-refractivity contribution >= 4 is 29.3 Å². The smallest absolute Gasteiger partial charge is 0.417 e. The molecule has 11 heteroatoms. The molecule has 158 valence electrons. The van der Waals surface area contributed by atoms with Crippen LogP contribution in [0.25, 0.3) is 5.65 Å². The molecule has 1 aliphatic heterocycles. The Morgan fingerprint density at radius 3 is 2.83 bits per heavy atom. The molecule has 2 aromatic heterocycles. The van der Waals surface area contributed by atoms with Gasteiger partial charge in [-0.1, -0.05) is 0 Å². The van der Waals surface area contributed by atoms with E-state index in [1.165, 1.54) is 29.3 Å². The van der Waals surface area contributed by atoms with Crippen molar-refractivity contribution < 1.29 is 27.5 Å². The predicted octanol–water partition coefficient (Wildman–Crippen LogP) is 2.75. The summed E-state index contributed by atoms with van der Waals surface area (Å²) in [5.41, 5.74) is -0.423. The van der Waals surface area contributed by atoms with E-state index in [0.29, 0.717) is 30.3 Å². The number of carbonyl (C=O) groups excluding carboxylic acids is 2. The summed E-state index contributed by atoms with van der Waals surface area (Å²) in [5, 5.41) is 8.06. The van der Waals surface area contributed by atoms with Crippen LogP contribution in [0.1, 0.15) is 36.6 Å². The summed E-state index contributed by atoms with van der Waals surface area (Å²) in [4.78, 5) is 25.3. The zero-order chi connectivity index (χ0) is 21.0. The summed E-state index contributed by atoms with van der Waals surface area (Å²) in [6.07, 6.45) is -1.70. The number of methoxy groups -OCH3 is 1. The van der Waals surface area contributed by atoms with Gasteiger partial charge in [-0.25, -0.2) is 0 Å². The molecule has 3 rings (SSSR count). The van der Waals surface area contributed by atoms with E-state index < -0.39 is 11.7 Å². The highest BCUT2D eigenvalue weighted by Gasteiger charge is 2.32. The van der Waals surface area contributed by atoms with Crippen LogP contribution in [0.4, 0.5) is 13.2 Å². The standard InChI is InChI=1S/C18H21F3N4O3S/c1-28-16(27)11-29-8-6-15(26)24-7-2-3-12(9-24)17-23-22-14-5-4-13(10-25(14)17)18(19,20)21/h4-5,10,12H,2-3,6-9,11H2,1H3. The Bertz CT molecular complexity index is 887. The van der Waals surface area contributed by atoms with Crippen molar-refractivity contribution in [3.05, 3.63) is 29.7 Å². The Balaban J connectivity index is 1.66. The molecule has 1 saturated heterocycles. The highest BCUT2D eigenvalue weighted by atomic mass is 32.2. The summed E-state index contributed by atoms with van der Waals surface area (Å²) < 4.78 is 45.1. The van der Waals surface area contributed by atoms with Gasteiger partial charge in [0.2, 0.25) is 5.91 Å². The van der Waals surface area contributed by atoms with Crippen LogP contribution in [0.5, 0.6) is 0 Å². The Morgan fingerprint density at radius 2 is 2.10 bits per heavy atom. The summed E-state index contributed by atoms with van der Waals surface area (Å²) in [5.74, 6) is 0.559. The molecule has 0 N–H and O–H groups in total. The summed E-state index contributed by atoms with van der Waals surface area (Å²) in [7, 11) is 1.31. The number of halogens is 3. The zero-order valence-electron chi connectivity index (χ0n) is 15.8. The first kappa shape index (κ1) is 21.4. The zero-order valence-corrected chi connectivity index (χ0v) is 16.6. The van der Waals surface area contributed by atoms with E-state index in [0.717, 1.165) is 25.1 Å². The second-order valence-corrected chi connectivity index (χ2v) is 7.86. The fourth-order valence-electron chi connectivity index (χ4n) is 3.30. The lowest BCUT2D eigenvalue weighted by atomic mass is 9.97. The molecule has 0 aromatic carbocycles. The number of rotatable bonds is 6. The highest BCUT2D eigenvalue weighted by molar-refractivity contribution is 7.99. The first-order valence-corrected chi connectivity index (χ1v) is 10.3. The van der Waals surface area contributed by atoms with Crippen molar-refractivity contribution in [2.75, 3.05) is 31.7 Å². The van der Waals surface area contributed by atoms with Crippen molar-refractivity contribution in [1.82, 2.24) is 19.5 Å². The topological polar surface area (TPSA) is 76.8 Å². The van der Waals surface area contributed by atoms with Gasteiger partial charge < -0.3 is 9.64 Å². The number of hydrogen-bond acceptors (Lipinski definition) is 6. The predicted molar refractivity (Wildman–Crippen MR) is 101 cm³/mol. The third-order valence-corrected chi connectivity index (χ3v) is 5.74.